The van der Waals surface area contributed by atoms with Gasteiger partial charge in [0.2, 0.25) is 0 Å². The number of thiophene rings is 1. The van der Waals surface area contributed by atoms with Gasteiger partial charge in [-0.05, 0) is 58.0 Å². The molecule has 2 aromatic rings. The molecule has 0 aliphatic carbocycles. The molecular weight excluding hydrogens is 338 g/mol. The second kappa shape index (κ2) is 6.00. The Labute approximate surface area is 131 Å². The maximum Gasteiger partial charge on any atom is 0.0701 e. The lowest BCUT2D eigenvalue weighted by atomic mass is 10.1. The highest BCUT2D eigenvalue weighted by Gasteiger charge is 2.22. The number of halogens is 1. The molecular formula is C15H16BrNS2. The van der Waals surface area contributed by atoms with Gasteiger partial charge in [0.1, 0.15) is 0 Å². The van der Waals surface area contributed by atoms with Crippen LogP contribution in [0.15, 0.2) is 44.4 Å². The Morgan fingerprint density at radius 1 is 1.37 bits per heavy atom. The van der Waals surface area contributed by atoms with Crippen molar-refractivity contribution < 1.29 is 0 Å². The van der Waals surface area contributed by atoms with E-state index in [1.165, 1.54) is 26.2 Å². The Morgan fingerprint density at radius 2 is 2.21 bits per heavy atom. The van der Waals surface area contributed by atoms with E-state index in [-0.39, 0.29) is 0 Å². The Morgan fingerprint density at radius 3 is 2.95 bits per heavy atom. The number of hydrogen-bond donors (Lipinski definition) is 0. The largest absolute Gasteiger partial charge is 0.301 e. The number of nitrogens with zero attached hydrogens (tertiary/aromatic N) is 1. The van der Waals surface area contributed by atoms with Crippen molar-refractivity contribution in [1.29, 1.82) is 0 Å². The zero-order valence-corrected chi connectivity index (χ0v) is 14.0. The van der Waals surface area contributed by atoms with Crippen LogP contribution in [0.5, 0.6) is 0 Å². The minimum absolute atomic E-state index is 0.699. The van der Waals surface area contributed by atoms with Crippen LogP contribution in [0.1, 0.15) is 11.1 Å². The summed E-state index contributed by atoms with van der Waals surface area (Å²) in [5.41, 5.74) is 2.92. The van der Waals surface area contributed by atoms with Crippen LogP contribution in [-0.2, 0) is 13.0 Å². The van der Waals surface area contributed by atoms with Crippen LogP contribution < -0.4 is 0 Å². The van der Waals surface area contributed by atoms with Crippen molar-refractivity contribution in [2.24, 2.45) is 0 Å². The van der Waals surface area contributed by atoms with Crippen molar-refractivity contribution in [3.8, 4) is 0 Å². The van der Waals surface area contributed by atoms with E-state index in [0.717, 1.165) is 13.1 Å². The van der Waals surface area contributed by atoms with Gasteiger partial charge in [-0.2, -0.15) is 0 Å². The zero-order valence-electron chi connectivity index (χ0n) is 10.8. The minimum Gasteiger partial charge on any atom is -0.301 e. The molecule has 1 nitrogen and oxygen atoms in total. The molecule has 1 aliphatic rings. The highest BCUT2D eigenvalue weighted by atomic mass is 79.9. The summed E-state index contributed by atoms with van der Waals surface area (Å²) < 4.78 is 1.22. The first kappa shape index (κ1) is 13.7. The van der Waals surface area contributed by atoms with E-state index in [0.29, 0.717) is 5.25 Å². The lowest BCUT2D eigenvalue weighted by molar-refractivity contribution is 0.328. The maximum absolute atomic E-state index is 3.53. The topological polar surface area (TPSA) is 3.24 Å². The van der Waals surface area contributed by atoms with E-state index in [4.69, 9.17) is 0 Å². The molecule has 19 heavy (non-hydrogen) atoms. The van der Waals surface area contributed by atoms with Crippen molar-refractivity contribution in [2.75, 3.05) is 13.6 Å². The molecule has 1 aromatic heterocycles. The van der Waals surface area contributed by atoms with E-state index in [2.05, 4.69) is 63.6 Å². The van der Waals surface area contributed by atoms with Crippen LogP contribution in [0.4, 0.5) is 0 Å². The summed E-state index contributed by atoms with van der Waals surface area (Å²) >= 11 is 7.32. The SMILES string of the molecule is CN(Cc1csc(Br)c1)CC1Cc2ccccc2S1. The van der Waals surface area contributed by atoms with Crippen LogP contribution in [0.2, 0.25) is 0 Å². The Hall–Kier alpha value is -0.290. The molecule has 0 fully saturated rings. The number of benzene rings is 1. The lowest BCUT2D eigenvalue weighted by Crippen LogP contribution is -2.26. The fourth-order valence-electron chi connectivity index (χ4n) is 2.51. The fourth-order valence-corrected chi connectivity index (χ4v) is 5.12. The highest BCUT2D eigenvalue weighted by Crippen LogP contribution is 2.37. The summed E-state index contributed by atoms with van der Waals surface area (Å²) in [6.45, 7) is 2.18. The first-order valence-corrected chi connectivity index (χ1v) is 8.92. The molecule has 1 atom stereocenters. The van der Waals surface area contributed by atoms with Crippen LogP contribution >= 0.6 is 39.0 Å². The molecule has 100 valence electrons. The third-order valence-corrected chi connectivity index (χ3v) is 6.16. The van der Waals surface area contributed by atoms with E-state index in [1.807, 2.05) is 11.8 Å². The van der Waals surface area contributed by atoms with Gasteiger partial charge in [0.05, 0.1) is 3.79 Å². The summed E-state index contributed by atoms with van der Waals surface area (Å²) in [4.78, 5) is 3.90. The quantitative estimate of drug-likeness (QED) is 0.786. The first-order valence-electron chi connectivity index (χ1n) is 6.37. The molecule has 3 rings (SSSR count). The molecule has 1 aliphatic heterocycles. The zero-order chi connectivity index (χ0) is 13.2. The molecule has 0 spiro atoms. The van der Waals surface area contributed by atoms with Gasteiger partial charge in [0.25, 0.3) is 0 Å². The molecule has 0 N–H and O–H groups in total. The van der Waals surface area contributed by atoms with Gasteiger partial charge in [-0.25, -0.2) is 0 Å². The maximum atomic E-state index is 3.53. The second-order valence-corrected chi connectivity index (χ2v) is 8.64. The second-order valence-electron chi connectivity index (χ2n) is 5.01. The summed E-state index contributed by atoms with van der Waals surface area (Å²) in [6, 6.07) is 11.0. The van der Waals surface area contributed by atoms with Crippen molar-refractivity contribution in [1.82, 2.24) is 4.90 Å². The minimum atomic E-state index is 0.699. The van der Waals surface area contributed by atoms with E-state index in [1.54, 1.807) is 11.3 Å². The van der Waals surface area contributed by atoms with E-state index in [9.17, 15) is 0 Å². The van der Waals surface area contributed by atoms with Crippen molar-refractivity contribution in [3.05, 3.63) is 50.6 Å². The molecule has 0 radical (unpaired) electrons. The average molecular weight is 354 g/mol. The van der Waals surface area contributed by atoms with Crippen molar-refractivity contribution in [3.63, 3.8) is 0 Å². The number of fused-ring (bicyclic) bond motifs is 1. The number of rotatable bonds is 4. The predicted molar refractivity (Wildman–Crippen MR) is 88.1 cm³/mol. The van der Waals surface area contributed by atoms with Gasteiger partial charge in [0, 0.05) is 23.2 Å². The summed E-state index contributed by atoms with van der Waals surface area (Å²) in [5, 5.41) is 2.93. The standard InChI is InChI=1S/C15H16BrNS2/c1-17(8-11-6-15(16)18-10-11)9-13-7-12-4-2-3-5-14(12)19-13/h2-6,10,13H,7-9H2,1H3. The van der Waals surface area contributed by atoms with Gasteiger partial charge in [0.15, 0.2) is 0 Å². The molecule has 0 bridgehead atoms. The van der Waals surface area contributed by atoms with Gasteiger partial charge in [-0.15, -0.1) is 23.1 Å². The molecule has 0 amide bonds. The lowest BCUT2D eigenvalue weighted by Gasteiger charge is -2.19. The fraction of sp³-hybridized carbons (Fsp3) is 0.333. The third-order valence-electron chi connectivity index (χ3n) is 3.30. The van der Waals surface area contributed by atoms with Gasteiger partial charge >= 0.3 is 0 Å². The van der Waals surface area contributed by atoms with Crippen LogP contribution in [0.3, 0.4) is 0 Å². The van der Waals surface area contributed by atoms with E-state index < -0.39 is 0 Å². The van der Waals surface area contributed by atoms with Gasteiger partial charge < -0.3 is 4.90 Å². The van der Waals surface area contributed by atoms with Gasteiger partial charge in [-0.3, -0.25) is 0 Å². The molecule has 0 saturated carbocycles. The molecule has 1 unspecified atom stereocenters. The summed E-state index contributed by atoms with van der Waals surface area (Å²) in [7, 11) is 2.22. The highest BCUT2D eigenvalue weighted by molar-refractivity contribution is 9.11. The third kappa shape index (κ3) is 3.43. The Bertz CT molecular complexity index is 542. The molecule has 4 heteroatoms. The Balaban J connectivity index is 1.55. The number of thioether (sulfide) groups is 1. The predicted octanol–water partition coefficient (Wildman–Crippen LogP) is 4.66. The number of hydrogen-bond acceptors (Lipinski definition) is 3. The van der Waals surface area contributed by atoms with Crippen LogP contribution in [-0.4, -0.2) is 23.7 Å². The van der Waals surface area contributed by atoms with Crippen LogP contribution in [0, 0.1) is 0 Å². The molecule has 1 aromatic carbocycles. The molecule has 2 heterocycles. The normalized spacial score (nSPS) is 17.9. The van der Waals surface area contributed by atoms with Gasteiger partial charge in [-0.1, -0.05) is 18.2 Å². The average Bonchev–Trinajstić information content (AvgIpc) is 2.94. The summed E-state index contributed by atoms with van der Waals surface area (Å²) in [5.74, 6) is 0. The monoisotopic (exact) mass is 353 g/mol. The first-order chi connectivity index (χ1) is 9.20. The Kier molecular flexibility index (Phi) is 4.32. The smallest absolute Gasteiger partial charge is 0.0701 e. The summed E-state index contributed by atoms with van der Waals surface area (Å²) in [6.07, 6.45) is 1.21. The molecule has 0 saturated heterocycles. The van der Waals surface area contributed by atoms with E-state index >= 15 is 0 Å². The van der Waals surface area contributed by atoms with Crippen LogP contribution in [0.25, 0.3) is 0 Å². The van der Waals surface area contributed by atoms with Crippen molar-refractivity contribution >= 4 is 39.0 Å². The van der Waals surface area contributed by atoms with Crippen molar-refractivity contribution in [2.45, 2.75) is 23.1 Å².